The fourth-order valence-electron chi connectivity index (χ4n) is 4.86. The van der Waals surface area contributed by atoms with Crippen molar-refractivity contribution in [3.63, 3.8) is 0 Å². The molecule has 0 spiro atoms. The topological polar surface area (TPSA) is 78.9 Å². The number of hydrogen-bond donors (Lipinski definition) is 2. The molecule has 190 valence electrons. The lowest BCUT2D eigenvalue weighted by Gasteiger charge is -2.31. The SMILES string of the molecule is CC(C)(C)OC(=O)N[C@@H](CO)CCC(=O)N1CCC(=C2c3ccccc3C=Cc3ccccc32)CC1. The molecule has 2 aliphatic rings. The summed E-state index contributed by atoms with van der Waals surface area (Å²) in [7, 11) is 0. The highest BCUT2D eigenvalue weighted by Crippen LogP contribution is 2.38. The highest BCUT2D eigenvalue weighted by atomic mass is 16.6. The summed E-state index contributed by atoms with van der Waals surface area (Å²) in [6, 6.07) is 16.5. The number of aliphatic hydroxyl groups excluding tert-OH is 1. The number of carbonyl (C=O) groups excluding carboxylic acids is 2. The van der Waals surface area contributed by atoms with Gasteiger partial charge in [-0.2, -0.15) is 0 Å². The number of hydrogen-bond acceptors (Lipinski definition) is 4. The van der Waals surface area contributed by atoms with E-state index in [1.807, 2.05) is 4.90 Å². The Kier molecular flexibility index (Phi) is 7.94. The van der Waals surface area contributed by atoms with Crippen LogP contribution in [-0.2, 0) is 9.53 Å². The van der Waals surface area contributed by atoms with Crippen molar-refractivity contribution in [1.29, 1.82) is 0 Å². The van der Waals surface area contributed by atoms with Crippen LogP contribution in [0.3, 0.4) is 0 Å². The Labute approximate surface area is 213 Å². The van der Waals surface area contributed by atoms with Crippen molar-refractivity contribution in [2.24, 2.45) is 0 Å². The van der Waals surface area contributed by atoms with Crippen molar-refractivity contribution in [3.8, 4) is 0 Å². The summed E-state index contributed by atoms with van der Waals surface area (Å²) in [5, 5.41) is 12.3. The number of rotatable bonds is 5. The quantitative estimate of drug-likeness (QED) is 0.513. The number of piperidine rings is 1. The first kappa shape index (κ1) is 25.7. The van der Waals surface area contributed by atoms with E-state index in [9.17, 15) is 14.7 Å². The van der Waals surface area contributed by atoms with Gasteiger partial charge in [-0.3, -0.25) is 4.79 Å². The minimum atomic E-state index is -0.617. The number of fused-ring (bicyclic) bond motifs is 2. The summed E-state index contributed by atoms with van der Waals surface area (Å²) in [6.07, 6.45) is 6.06. The lowest BCUT2D eigenvalue weighted by atomic mass is 9.86. The van der Waals surface area contributed by atoms with Gasteiger partial charge in [0.2, 0.25) is 5.91 Å². The predicted molar refractivity (Wildman–Crippen MR) is 143 cm³/mol. The summed E-state index contributed by atoms with van der Waals surface area (Å²) in [5.41, 5.74) is 6.96. The fraction of sp³-hybridized carbons (Fsp3) is 0.400. The summed E-state index contributed by atoms with van der Waals surface area (Å²) >= 11 is 0. The second-order valence-electron chi connectivity index (χ2n) is 10.4. The standard InChI is InChI=1S/C30H36N2O4/c1-30(2,3)36-29(35)31-24(20-33)14-15-27(34)32-18-16-23(17-19-32)28-25-10-6-4-8-21(25)12-13-22-9-5-7-11-26(22)28/h4-13,24,33H,14-20H2,1-3H3,(H,31,35)/t24-/m1/s1. The van der Waals surface area contributed by atoms with E-state index in [4.69, 9.17) is 4.74 Å². The minimum absolute atomic E-state index is 0.0480. The summed E-state index contributed by atoms with van der Waals surface area (Å²) < 4.78 is 5.26. The Balaban J connectivity index is 1.42. The number of nitrogens with zero attached hydrogens (tertiary/aromatic N) is 1. The molecule has 2 aromatic rings. The molecule has 0 bridgehead atoms. The normalized spacial score (nSPS) is 16.1. The van der Waals surface area contributed by atoms with E-state index in [0.717, 1.165) is 12.8 Å². The molecule has 36 heavy (non-hydrogen) atoms. The average Bonchev–Trinajstić information content (AvgIpc) is 3.02. The molecule has 1 heterocycles. The molecular formula is C30H36N2O4. The van der Waals surface area contributed by atoms with Crippen LogP contribution in [0, 0.1) is 0 Å². The van der Waals surface area contributed by atoms with Gasteiger partial charge < -0.3 is 20.1 Å². The van der Waals surface area contributed by atoms with Gasteiger partial charge in [-0.1, -0.05) is 66.3 Å². The minimum Gasteiger partial charge on any atom is -0.444 e. The molecule has 2 N–H and O–H groups in total. The molecule has 1 saturated heterocycles. The molecular weight excluding hydrogens is 452 g/mol. The van der Waals surface area contributed by atoms with Crippen LogP contribution in [0.4, 0.5) is 4.79 Å². The van der Waals surface area contributed by atoms with Gasteiger partial charge in [-0.15, -0.1) is 0 Å². The number of aliphatic hydroxyl groups is 1. The molecule has 2 amide bonds. The Morgan fingerprint density at radius 1 is 0.972 bits per heavy atom. The van der Waals surface area contributed by atoms with E-state index in [-0.39, 0.29) is 18.9 Å². The smallest absolute Gasteiger partial charge is 0.407 e. The molecule has 2 aromatic carbocycles. The lowest BCUT2D eigenvalue weighted by Crippen LogP contribution is -2.42. The Hall–Kier alpha value is -3.38. The lowest BCUT2D eigenvalue weighted by molar-refractivity contribution is -0.131. The maximum atomic E-state index is 12.9. The molecule has 1 fully saturated rings. The third kappa shape index (κ3) is 6.24. The number of nitrogens with one attached hydrogen (secondary N) is 1. The van der Waals surface area contributed by atoms with Crippen LogP contribution in [-0.4, -0.2) is 53.3 Å². The number of benzene rings is 2. The largest absolute Gasteiger partial charge is 0.444 e. The van der Waals surface area contributed by atoms with Crippen LogP contribution < -0.4 is 5.32 Å². The van der Waals surface area contributed by atoms with E-state index in [2.05, 4.69) is 66.0 Å². The first-order valence-corrected chi connectivity index (χ1v) is 12.7. The third-order valence-corrected chi connectivity index (χ3v) is 6.62. The molecule has 6 heteroatoms. The van der Waals surface area contributed by atoms with Gasteiger partial charge in [0.15, 0.2) is 0 Å². The zero-order valence-electron chi connectivity index (χ0n) is 21.4. The Morgan fingerprint density at radius 3 is 2.06 bits per heavy atom. The molecule has 6 nitrogen and oxygen atoms in total. The molecule has 0 unspecified atom stereocenters. The zero-order valence-corrected chi connectivity index (χ0v) is 21.4. The van der Waals surface area contributed by atoms with Crippen molar-refractivity contribution < 1.29 is 19.4 Å². The van der Waals surface area contributed by atoms with Crippen LogP contribution in [0.15, 0.2) is 54.1 Å². The van der Waals surface area contributed by atoms with Gasteiger partial charge in [0.05, 0.1) is 12.6 Å². The molecule has 0 saturated carbocycles. The van der Waals surface area contributed by atoms with Crippen molar-refractivity contribution in [2.75, 3.05) is 19.7 Å². The van der Waals surface area contributed by atoms with Gasteiger partial charge >= 0.3 is 6.09 Å². The fourth-order valence-corrected chi connectivity index (χ4v) is 4.86. The van der Waals surface area contributed by atoms with Gasteiger partial charge in [-0.25, -0.2) is 4.79 Å². The van der Waals surface area contributed by atoms with Gasteiger partial charge in [0.1, 0.15) is 5.60 Å². The van der Waals surface area contributed by atoms with E-state index < -0.39 is 17.7 Å². The number of likely N-dealkylation sites (tertiary alicyclic amines) is 1. The maximum absolute atomic E-state index is 12.9. The van der Waals surface area contributed by atoms with Crippen molar-refractivity contribution in [2.45, 2.75) is 58.1 Å². The highest BCUT2D eigenvalue weighted by Gasteiger charge is 2.25. The van der Waals surface area contributed by atoms with Crippen LogP contribution >= 0.6 is 0 Å². The molecule has 0 aromatic heterocycles. The summed E-state index contributed by atoms with van der Waals surface area (Å²) in [6.45, 7) is 6.44. The molecule has 0 radical (unpaired) electrons. The first-order chi connectivity index (χ1) is 17.2. The third-order valence-electron chi connectivity index (χ3n) is 6.62. The molecule has 1 atom stereocenters. The van der Waals surface area contributed by atoms with Crippen LogP contribution in [0.1, 0.15) is 68.7 Å². The molecule has 1 aliphatic heterocycles. The predicted octanol–water partition coefficient (Wildman–Crippen LogP) is 5.26. The highest BCUT2D eigenvalue weighted by molar-refractivity contribution is 5.95. The number of carbonyl (C=O) groups is 2. The monoisotopic (exact) mass is 488 g/mol. The van der Waals surface area contributed by atoms with E-state index in [1.54, 1.807) is 20.8 Å². The number of alkyl carbamates (subject to hydrolysis) is 1. The van der Waals surface area contributed by atoms with Crippen LogP contribution in [0.5, 0.6) is 0 Å². The van der Waals surface area contributed by atoms with E-state index in [0.29, 0.717) is 19.5 Å². The second kappa shape index (κ2) is 11.1. The van der Waals surface area contributed by atoms with Gasteiger partial charge in [0.25, 0.3) is 0 Å². The van der Waals surface area contributed by atoms with Gasteiger partial charge in [0, 0.05) is 19.5 Å². The van der Waals surface area contributed by atoms with E-state index >= 15 is 0 Å². The van der Waals surface area contributed by atoms with Crippen LogP contribution in [0.25, 0.3) is 17.7 Å². The second-order valence-corrected chi connectivity index (χ2v) is 10.4. The summed E-state index contributed by atoms with van der Waals surface area (Å²) in [5.74, 6) is 0.0480. The van der Waals surface area contributed by atoms with Crippen LogP contribution in [0.2, 0.25) is 0 Å². The Morgan fingerprint density at radius 2 is 1.53 bits per heavy atom. The van der Waals surface area contributed by atoms with Crippen molar-refractivity contribution in [1.82, 2.24) is 10.2 Å². The maximum Gasteiger partial charge on any atom is 0.407 e. The average molecular weight is 489 g/mol. The van der Waals surface area contributed by atoms with E-state index in [1.165, 1.54) is 33.4 Å². The zero-order chi connectivity index (χ0) is 25.7. The summed E-state index contributed by atoms with van der Waals surface area (Å²) in [4.78, 5) is 26.9. The number of ether oxygens (including phenoxy) is 1. The first-order valence-electron chi connectivity index (χ1n) is 12.7. The molecule has 1 aliphatic carbocycles. The Bertz CT molecular complexity index is 1110. The number of amides is 2. The van der Waals surface area contributed by atoms with Gasteiger partial charge in [-0.05, 0) is 67.9 Å². The molecule has 4 rings (SSSR count). The van der Waals surface area contributed by atoms with Crippen molar-refractivity contribution in [3.05, 3.63) is 76.4 Å². The van der Waals surface area contributed by atoms with Crippen molar-refractivity contribution >= 4 is 29.7 Å².